The average Bonchev–Trinajstić information content (AvgIpc) is 2.19. The molecular formula is C12H24O. The Morgan fingerprint density at radius 1 is 1.08 bits per heavy atom. The van der Waals surface area contributed by atoms with Gasteiger partial charge in [0.2, 0.25) is 0 Å². The van der Waals surface area contributed by atoms with Crippen LogP contribution in [0.3, 0.4) is 0 Å². The van der Waals surface area contributed by atoms with E-state index in [-0.39, 0.29) is 5.60 Å². The van der Waals surface area contributed by atoms with Crippen LogP contribution in [0, 0.1) is 0 Å². The van der Waals surface area contributed by atoms with Gasteiger partial charge in [0.15, 0.2) is 0 Å². The topological polar surface area (TPSA) is 9.23 Å². The highest BCUT2D eigenvalue weighted by Gasteiger charge is 2.25. The van der Waals surface area contributed by atoms with Crippen molar-refractivity contribution in [2.24, 2.45) is 0 Å². The summed E-state index contributed by atoms with van der Waals surface area (Å²) < 4.78 is 6.18. The highest BCUT2D eigenvalue weighted by molar-refractivity contribution is 4.75. The molecule has 1 rings (SSSR count). The van der Waals surface area contributed by atoms with E-state index in [2.05, 4.69) is 20.8 Å². The van der Waals surface area contributed by atoms with Crippen molar-refractivity contribution in [1.82, 2.24) is 0 Å². The molecule has 1 nitrogen and oxygen atoms in total. The molecule has 0 spiro atoms. The van der Waals surface area contributed by atoms with Gasteiger partial charge in [-0.25, -0.2) is 0 Å². The lowest BCUT2D eigenvalue weighted by molar-refractivity contribution is -0.0987. The molecule has 13 heavy (non-hydrogen) atoms. The van der Waals surface area contributed by atoms with Crippen molar-refractivity contribution >= 4 is 0 Å². The highest BCUT2D eigenvalue weighted by Crippen LogP contribution is 2.28. The molecule has 0 amide bonds. The fraction of sp³-hybridized carbons (Fsp3) is 1.00. The first-order chi connectivity index (χ1) is 6.20. The molecule has 1 saturated carbocycles. The Labute approximate surface area is 82.9 Å². The first-order valence-corrected chi connectivity index (χ1v) is 5.88. The minimum absolute atomic E-state index is 0.141. The highest BCUT2D eigenvalue weighted by atomic mass is 16.5. The number of rotatable bonds is 4. The molecule has 78 valence electrons. The fourth-order valence-electron chi connectivity index (χ4n) is 2.00. The minimum atomic E-state index is 0.141. The van der Waals surface area contributed by atoms with Crippen molar-refractivity contribution in [2.75, 3.05) is 0 Å². The van der Waals surface area contributed by atoms with Crippen LogP contribution in [-0.2, 0) is 4.74 Å². The molecule has 1 fully saturated rings. The molecule has 0 aliphatic heterocycles. The Bertz CT molecular complexity index is 132. The van der Waals surface area contributed by atoms with Gasteiger partial charge in [0.25, 0.3) is 0 Å². The van der Waals surface area contributed by atoms with E-state index in [9.17, 15) is 0 Å². The van der Waals surface area contributed by atoms with Crippen LogP contribution in [0.2, 0.25) is 0 Å². The Kier molecular flexibility index (Phi) is 4.24. The maximum absolute atomic E-state index is 6.18. The summed E-state index contributed by atoms with van der Waals surface area (Å²) in [4.78, 5) is 0. The standard InChI is InChI=1S/C12H24O/c1-4-12(3,5-2)13-11-9-7-6-8-10-11/h11H,4-10H2,1-3H3. The maximum Gasteiger partial charge on any atom is 0.0653 e. The zero-order valence-corrected chi connectivity index (χ0v) is 9.44. The summed E-state index contributed by atoms with van der Waals surface area (Å²) in [6, 6.07) is 0. The van der Waals surface area contributed by atoms with Crippen LogP contribution in [0.15, 0.2) is 0 Å². The van der Waals surface area contributed by atoms with Gasteiger partial charge in [0.1, 0.15) is 0 Å². The Morgan fingerprint density at radius 3 is 2.08 bits per heavy atom. The van der Waals surface area contributed by atoms with Crippen LogP contribution < -0.4 is 0 Å². The third-order valence-corrected chi connectivity index (χ3v) is 3.50. The van der Waals surface area contributed by atoms with E-state index in [0.717, 1.165) is 12.8 Å². The summed E-state index contributed by atoms with van der Waals surface area (Å²) >= 11 is 0. The summed E-state index contributed by atoms with van der Waals surface area (Å²) in [5, 5.41) is 0. The molecule has 0 unspecified atom stereocenters. The van der Waals surface area contributed by atoms with Gasteiger partial charge in [-0.1, -0.05) is 33.1 Å². The van der Waals surface area contributed by atoms with E-state index >= 15 is 0 Å². The average molecular weight is 184 g/mol. The summed E-state index contributed by atoms with van der Waals surface area (Å²) in [6.07, 6.45) is 9.56. The van der Waals surface area contributed by atoms with Crippen molar-refractivity contribution in [3.8, 4) is 0 Å². The van der Waals surface area contributed by atoms with Crippen molar-refractivity contribution < 1.29 is 4.74 Å². The monoisotopic (exact) mass is 184 g/mol. The Balaban J connectivity index is 2.35. The van der Waals surface area contributed by atoms with E-state index < -0.39 is 0 Å². The Morgan fingerprint density at radius 2 is 1.62 bits per heavy atom. The van der Waals surface area contributed by atoms with Crippen LogP contribution in [0.25, 0.3) is 0 Å². The first-order valence-electron chi connectivity index (χ1n) is 5.88. The molecule has 0 aromatic heterocycles. The van der Waals surface area contributed by atoms with Crippen molar-refractivity contribution in [1.29, 1.82) is 0 Å². The van der Waals surface area contributed by atoms with Crippen LogP contribution in [0.4, 0.5) is 0 Å². The van der Waals surface area contributed by atoms with Gasteiger partial charge in [-0.2, -0.15) is 0 Å². The second-order valence-corrected chi connectivity index (χ2v) is 4.53. The van der Waals surface area contributed by atoms with E-state index in [1.54, 1.807) is 0 Å². The van der Waals surface area contributed by atoms with Crippen LogP contribution >= 0.6 is 0 Å². The third kappa shape index (κ3) is 3.30. The molecular weight excluding hydrogens is 160 g/mol. The number of ether oxygens (including phenoxy) is 1. The van der Waals surface area contributed by atoms with Gasteiger partial charge in [0.05, 0.1) is 11.7 Å². The molecule has 0 atom stereocenters. The van der Waals surface area contributed by atoms with Crippen molar-refractivity contribution in [2.45, 2.75) is 77.4 Å². The molecule has 0 aromatic rings. The lowest BCUT2D eigenvalue weighted by Crippen LogP contribution is -2.33. The van der Waals surface area contributed by atoms with E-state index in [1.165, 1.54) is 32.1 Å². The third-order valence-electron chi connectivity index (χ3n) is 3.50. The van der Waals surface area contributed by atoms with Crippen molar-refractivity contribution in [3.05, 3.63) is 0 Å². The zero-order valence-electron chi connectivity index (χ0n) is 9.44. The molecule has 0 heterocycles. The van der Waals surface area contributed by atoms with Crippen LogP contribution in [-0.4, -0.2) is 11.7 Å². The van der Waals surface area contributed by atoms with E-state index in [1.807, 2.05) is 0 Å². The predicted octanol–water partition coefficient (Wildman–Crippen LogP) is 3.91. The summed E-state index contributed by atoms with van der Waals surface area (Å²) in [7, 11) is 0. The normalized spacial score (nSPS) is 20.5. The molecule has 0 bridgehead atoms. The molecule has 1 heteroatoms. The lowest BCUT2D eigenvalue weighted by atomic mass is 9.94. The smallest absolute Gasteiger partial charge is 0.0653 e. The van der Waals surface area contributed by atoms with Gasteiger partial charge >= 0.3 is 0 Å². The van der Waals surface area contributed by atoms with E-state index in [0.29, 0.717) is 6.10 Å². The van der Waals surface area contributed by atoms with Gasteiger partial charge in [0, 0.05) is 0 Å². The van der Waals surface area contributed by atoms with Crippen LogP contribution in [0.5, 0.6) is 0 Å². The predicted molar refractivity (Wildman–Crippen MR) is 56.9 cm³/mol. The van der Waals surface area contributed by atoms with Gasteiger partial charge < -0.3 is 4.74 Å². The quantitative estimate of drug-likeness (QED) is 0.643. The fourth-order valence-corrected chi connectivity index (χ4v) is 2.00. The largest absolute Gasteiger partial charge is 0.372 e. The van der Waals surface area contributed by atoms with Gasteiger partial charge in [-0.15, -0.1) is 0 Å². The molecule has 0 radical (unpaired) electrons. The molecule has 1 aliphatic carbocycles. The molecule has 1 aliphatic rings. The summed E-state index contributed by atoms with van der Waals surface area (Å²) in [6.45, 7) is 6.71. The maximum atomic E-state index is 6.18. The Hall–Kier alpha value is -0.0400. The second kappa shape index (κ2) is 4.99. The zero-order chi connectivity index (χ0) is 9.73. The first kappa shape index (κ1) is 11.0. The molecule has 0 N–H and O–H groups in total. The SMILES string of the molecule is CCC(C)(CC)OC1CCCCC1. The van der Waals surface area contributed by atoms with Crippen LogP contribution in [0.1, 0.15) is 65.7 Å². The number of hydrogen-bond donors (Lipinski definition) is 0. The molecule has 0 saturated heterocycles. The summed E-state index contributed by atoms with van der Waals surface area (Å²) in [5.74, 6) is 0. The van der Waals surface area contributed by atoms with Gasteiger partial charge in [-0.05, 0) is 32.6 Å². The second-order valence-electron chi connectivity index (χ2n) is 4.53. The van der Waals surface area contributed by atoms with Gasteiger partial charge in [-0.3, -0.25) is 0 Å². The summed E-state index contributed by atoms with van der Waals surface area (Å²) in [5.41, 5.74) is 0.141. The number of hydrogen-bond acceptors (Lipinski definition) is 1. The van der Waals surface area contributed by atoms with Crippen molar-refractivity contribution in [3.63, 3.8) is 0 Å². The lowest BCUT2D eigenvalue weighted by Gasteiger charge is -2.34. The minimum Gasteiger partial charge on any atom is -0.372 e. The van der Waals surface area contributed by atoms with E-state index in [4.69, 9.17) is 4.74 Å². The molecule has 0 aromatic carbocycles.